The smallest absolute Gasteiger partial charge is 0.255 e. The van der Waals surface area contributed by atoms with E-state index in [1.54, 1.807) is 10.7 Å². The molecular formula is C21H25N5O2. The van der Waals surface area contributed by atoms with Gasteiger partial charge in [-0.3, -0.25) is 9.69 Å². The average molecular weight is 379 g/mol. The average Bonchev–Trinajstić information content (AvgIpc) is 3.10. The van der Waals surface area contributed by atoms with Crippen LogP contribution in [0.3, 0.4) is 0 Å². The highest BCUT2D eigenvalue weighted by Crippen LogP contribution is 2.18. The topological polar surface area (TPSA) is 71.8 Å². The van der Waals surface area contributed by atoms with Crippen molar-refractivity contribution in [2.75, 3.05) is 32.8 Å². The van der Waals surface area contributed by atoms with Crippen molar-refractivity contribution in [3.8, 4) is 0 Å². The number of benzene rings is 1. The van der Waals surface area contributed by atoms with E-state index < -0.39 is 0 Å². The Labute approximate surface area is 164 Å². The summed E-state index contributed by atoms with van der Waals surface area (Å²) in [5.74, 6) is -0.137. The third-order valence-electron chi connectivity index (χ3n) is 5.14. The third-order valence-corrected chi connectivity index (χ3v) is 5.14. The molecule has 0 saturated carbocycles. The Hall–Kier alpha value is -2.77. The number of morpholine rings is 1. The van der Waals surface area contributed by atoms with Crippen molar-refractivity contribution < 1.29 is 9.53 Å². The number of amides is 1. The number of carbonyl (C=O) groups is 1. The minimum atomic E-state index is -0.137. The molecule has 0 spiro atoms. The fraction of sp³-hybridized carbons (Fsp3) is 0.381. The fourth-order valence-corrected chi connectivity index (χ4v) is 3.58. The molecular weight excluding hydrogens is 354 g/mol. The maximum Gasteiger partial charge on any atom is 0.255 e. The number of aryl methyl sites for hydroxylation is 2. The van der Waals surface area contributed by atoms with Crippen molar-refractivity contribution in [2.45, 2.75) is 19.9 Å². The zero-order chi connectivity index (χ0) is 19.5. The predicted molar refractivity (Wildman–Crippen MR) is 106 cm³/mol. The summed E-state index contributed by atoms with van der Waals surface area (Å²) in [4.78, 5) is 19.8. The minimum absolute atomic E-state index is 0.110. The fourth-order valence-electron chi connectivity index (χ4n) is 3.58. The van der Waals surface area contributed by atoms with Gasteiger partial charge in [0.2, 0.25) is 0 Å². The summed E-state index contributed by atoms with van der Waals surface area (Å²) in [5, 5.41) is 7.65. The first-order chi connectivity index (χ1) is 13.6. The maximum atomic E-state index is 13.1. The molecule has 7 nitrogen and oxygen atoms in total. The first-order valence-corrected chi connectivity index (χ1v) is 9.60. The number of aromatic nitrogens is 3. The number of nitrogens with zero attached hydrogens (tertiary/aromatic N) is 4. The van der Waals surface area contributed by atoms with Crippen molar-refractivity contribution in [1.29, 1.82) is 0 Å². The summed E-state index contributed by atoms with van der Waals surface area (Å²) in [5.41, 5.74) is 4.04. The normalized spacial score (nSPS) is 16.2. The number of hydrogen-bond acceptors (Lipinski definition) is 5. The van der Waals surface area contributed by atoms with E-state index >= 15 is 0 Å². The number of rotatable bonds is 5. The van der Waals surface area contributed by atoms with Crippen LogP contribution in [0.1, 0.15) is 33.4 Å². The number of ether oxygens (including phenoxy) is 1. The van der Waals surface area contributed by atoms with Crippen LogP contribution in [0.4, 0.5) is 0 Å². The SMILES string of the molecule is Cc1cc2ncc(C(=O)N[C@H](CN3CCOCC3)c3ccccc3)c(C)n2n1. The van der Waals surface area contributed by atoms with Gasteiger partial charge < -0.3 is 10.1 Å². The zero-order valence-corrected chi connectivity index (χ0v) is 16.3. The van der Waals surface area contributed by atoms with E-state index in [0.29, 0.717) is 5.56 Å². The van der Waals surface area contributed by atoms with E-state index in [9.17, 15) is 4.79 Å². The monoisotopic (exact) mass is 379 g/mol. The van der Waals surface area contributed by atoms with Crippen LogP contribution in [0.15, 0.2) is 42.6 Å². The van der Waals surface area contributed by atoms with Crippen LogP contribution in [0.25, 0.3) is 5.65 Å². The highest BCUT2D eigenvalue weighted by molar-refractivity contribution is 5.95. The molecule has 1 atom stereocenters. The van der Waals surface area contributed by atoms with Crippen LogP contribution in [-0.2, 0) is 4.74 Å². The van der Waals surface area contributed by atoms with Gasteiger partial charge in [0.25, 0.3) is 5.91 Å². The summed E-state index contributed by atoms with van der Waals surface area (Å²) in [6.45, 7) is 7.77. The van der Waals surface area contributed by atoms with Crippen LogP contribution in [-0.4, -0.2) is 58.3 Å². The van der Waals surface area contributed by atoms with Crippen LogP contribution in [0.5, 0.6) is 0 Å². The Bertz CT molecular complexity index is 964. The van der Waals surface area contributed by atoms with Crippen LogP contribution < -0.4 is 5.32 Å². The number of nitrogens with one attached hydrogen (secondary N) is 1. The zero-order valence-electron chi connectivity index (χ0n) is 16.3. The Kier molecular flexibility index (Phi) is 5.36. The lowest BCUT2D eigenvalue weighted by Crippen LogP contribution is -2.43. The summed E-state index contributed by atoms with van der Waals surface area (Å²) < 4.78 is 7.17. The molecule has 1 amide bonds. The highest BCUT2D eigenvalue weighted by Gasteiger charge is 2.22. The van der Waals surface area contributed by atoms with E-state index in [1.807, 2.05) is 38.1 Å². The van der Waals surface area contributed by atoms with Crippen molar-refractivity contribution >= 4 is 11.6 Å². The van der Waals surface area contributed by atoms with Gasteiger partial charge in [0.05, 0.1) is 36.2 Å². The van der Waals surface area contributed by atoms with Gasteiger partial charge in [-0.1, -0.05) is 30.3 Å². The molecule has 3 heterocycles. The minimum Gasteiger partial charge on any atom is -0.379 e. The number of carbonyl (C=O) groups excluding carboxylic acids is 1. The van der Waals surface area contributed by atoms with E-state index in [4.69, 9.17) is 4.74 Å². The predicted octanol–water partition coefficient (Wildman–Crippen LogP) is 2.15. The molecule has 1 aromatic carbocycles. The third kappa shape index (κ3) is 3.90. The molecule has 1 N–H and O–H groups in total. The molecule has 0 aliphatic carbocycles. The Morgan fingerprint density at radius 1 is 1.21 bits per heavy atom. The van der Waals surface area contributed by atoms with Gasteiger partial charge in [0.15, 0.2) is 5.65 Å². The molecule has 28 heavy (non-hydrogen) atoms. The van der Waals surface area contributed by atoms with E-state index in [2.05, 4.69) is 32.4 Å². The molecule has 146 valence electrons. The molecule has 4 rings (SSSR count). The Morgan fingerprint density at radius 3 is 2.71 bits per heavy atom. The number of hydrogen-bond donors (Lipinski definition) is 1. The largest absolute Gasteiger partial charge is 0.379 e. The molecule has 1 aliphatic heterocycles. The second kappa shape index (κ2) is 8.08. The molecule has 1 aliphatic rings. The van der Waals surface area contributed by atoms with E-state index in [1.165, 1.54) is 0 Å². The van der Waals surface area contributed by atoms with Gasteiger partial charge in [-0.05, 0) is 19.4 Å². The van der Waals surface area contributed by atoms with E-state index in [-0.39, 0.29) is 11.9 Å². The summed E-state index contributed by atoms with van der Waals surface area (Å²) >= 11 is 0. The first-order valence-electron chi connectivity index (χ1n) is 9.60. The molecule has 2 aromatic heterocycles. The van der Waals surface area contributed by atoms with Gasteiger partial charge in [0.1, 0.15) is 0 Å². The van der Waals surface area contributed by atoms with Crippen LogP contribution in [0.2, 0.25) is 0 Å². The molecule has 0 unspecified atom stereocenters. The van der Waals surface area contributed by atoms with Crippen molar-refractivity contribution in [1.82, 2.24) is 24.8 Å². The Morgan fingerprint density at radius 2 is 1.96 bits per heavy atom. The van der Waals surface area contributed by atoms with Crippen molar-refractivity contribution in [3.63, 3.8) is 0 Å². The summed E-state index contributed by atoms with van der Waals surface area (Å²) in [6, 6.07) is 11.9. The standard InChI is InChI=1S/C21H25N5O2/c1-15-12-20-22-13-18(16(2)26(20)24-15)21(27)23-19(17-6-4-3-5-7-17)14-25-8-10-28-11-9-25/h3-7,12-13,19H,8-11,14H2,1-2H3,(H,23,27)/t19-/m1/s1. The van der Waals surface area contributed by atoms with E-state index in [0.717, 1.165) is 55.4 Å². The second-order valence-corrected chi connectivity index (χ2v) is 7.16. The maximum absolute atomic E-state index is 13.1. The molecule has 3 aromatic rings. The quantitative estimate of drug-likeness (QED) is 0.735. The van der Waals surface area contributed by atoms with Crippen molar-refractivity contribution in [2.24, 2.45) is 0 Å². The number of fused-ring (bicyclic) bond motifs is 1. The molecule has 0 bridgehead atoms. The Balaban J connectivity index is 1.58. The molecule has 7 heteroatoms. The van der Waals surface area contributed by atoms with Gasteiger partial charge in [-0.2, -0.15) is 5.10 Å². The first kappa shape index (κ1) is 18.6. The van der Waals surface area contributed by atoms with Gasteiger partial charge in [0, 0.05) is 31.9 Å². The van der Waals surface area contributed by atoms with Gasteiger partial charge in [-0.25, -0.2) is 9.50 Å². The summed E-state index contributed by atoms with van der Waals surface area (Å²) in [6.07, 6.45) is 1.64. The van der Waals surface area contributed by atoms with Crippen LogP contribution >= 0.6 is 0 Å². The molecule has 0 radical (unpaired) electrons. The lowest BCUT2D eigenvalue weighted by molar-refractivity contribution is 0.0332. The molecule has 1 fully saturated rings. The lowest BCUT2D eigenvalue weighted by atomic mass is 10.1. The van der Waals surface area contributed by atoms with Gasteiger partial charge >= 0.3 is 0 Å². The molecule has 1 saturated heterocycles. The van der Waals surface area contributed by atoms with Crippen molar-refractivity contribution in [3.05, 3.63) is 65.1 Å². The van der Waals surface area contributed by atoms with Gasteiger partial charge in [-0.15, -0.1) is 0 Å². The summed E-state index contributed by atoms with van der Waals surface area (Å²) in [7, 11) is 0. The lowest BCUT2D eigenvalue weighted by Gasteiger charge is -2.31. The van der Waals surface area contributed by atoms with Crippen LogP contribution in [0, 0.1) is 13.8 Å². The second-order valence-electron chi connectivity index (χ2n) is 7.16. The highest BCUT2D eigenvalue weighted by atomic mass is 16.5.